The number of ether oxygens (including phenoxy) is 1. The Morgan fingerprint density at radius 2 is 2.22 bits per heavy atom. The highest BCUT2D eigenvalue weighted by atomic mass is 32.2. The topological polar surface area (TPSA) is 86.2 Å². The number of aromatic nitrogens is 2. The minimum absolute atomic E-state index is 0.0233. The van der Waals surface area contributed by atoms with Gasteiger partial charge in [0.1, 0.15) is 11.6 Å². The Morgan fingerprint density at radius 3 is 2.83 bits per heavy atom. The lowest BCUT2D eigenvalue weighted by atomic mass is 10.3. The zero-order valence-corrected chi connectivity index (χ0v) is 10.8. The summed E-state index contributed by atoms with van der Waals surface area (Å²) >= 11 is 0. The number of rotatable bonds is 5. The van der Waals surface area contributed by atoms with Crippen molar-refractivity contribution in [3.8, 4) is 0 Å². The molecule has 1 saturated carbocycles. The molecule has 0 aromatic carbocycles. The minimum Gasteiger partial charge on any atom is -0.469 e. The van der Waals surface area contributed by atoms with Crippen molar-refractivity contribution in [2.45, 2.75) is 30.3 Å². The molecule has 18 heavy (non-hydrogen) atoms. The number of carbonyl (C=O) groups excluding carboxylic acids is 1. The van der Waals surface area contributed by atoms with Gasteiger partial charge >= 0.3 is 5.97 Å². The molecule has 1 aliphatic rings. The number of nitrogens with zero attached hydrogens (tertiary/aromatic N) is 2. The van der Waals surface area contributed by atoms with Crippen molar-refractivity contribution in [3.05, 3.63) is 23.8 Å². The second-order valence-corrected chi connectivity index (χ2v) is 6.50. The van der Waals surface area contributed by atoms with Crippen LogP contribution in [0.15, 0.2) is 12.3 Å². The molecule has 1 heterocycles. The Labute approximate surface area is 105 Å². The van der Waals surface area contributed by atoms with Crippen LogP contribution in [0.1, 0.15) is 24.4 Å². The molecule has 1 aromatic heterocycles. The summed E-state index contributed by atoms with van der Waals surface area (Å²) in [6, 6.07) is 1.57. The van der Waals surface area contributed by atoms with Crippen LogP contribution in [0.25, 0.3) is 0 Å². The maximum Gasteiger partial charge on any atom is 0.311 e. The summed E-state index contributed by atoms with van der Waals surface area (Å²) in [6.07, 6.45) is 2.94. The van der Waals surface area contributed by atoms with Gasteiger partial charge in [-0.15, -0.1) is 0 Å². The highest BCUT2D eigenvalue weighted by molar-refractivity contribution is 7.91. The van der Waals surface area contributed by atoms with Crippen molar-refractivity contribution in [1.29, 1.82) is 0 Å². The SMILES string of the molecule is COC(=O)Cc1ccnc(CS(=O)(=O)C2CC2)n1. The van der Waals surface area contributed by atoms with Gasteiger partial charge in [0.05, 0.1) is 24.5 Å². The predicted octanol–water partition coefficient (Wildman–Crippen LogP) is 0.269. The molecule has 2 rings (SSSR count). The van der Waals surface area contributed by atoms with Gasteiger partial charge in [-0.1, -0.05) is 0 Å². The summed E-state index contributed by atoms with van der Waals surface area (Å²) in [5, 5.41) is -0.231. The second-order valence-electron chi connectivity index (χ2n) is 4.22. The van der Waals surface area contributed by atoms with E-state index in [0.29, 0.717) is 5.69 Å². The van der Waals surface area contributed by atoms with Crippen LogP contribution in [0.3, 0.4) is 0 Å². The molecule has 6 nitrogen and oxygen atoms in total. The summed E-state index contributed by atoms with van der Waals surface area (Å²) in [5.74, 6) is -0.333. The van der Waals surface area contributed by atoms with Gasteiger partial charge in [-0.25, -0.2) is 18.4 Å². The lowest BCUT2D eigenvalue weighted by Gasteiger charge is -2.03. The van der Waals surface area contributed by atoms with Crippen LogP contribution in [-0.4, -0.2) is 36.7 Å². The van der Waals surface area contributed by atoms with Crippen molar-refractivity contribution in [2.75, 3.05) is 7.11 Å². The van der Waals surface area contributed by atoms with Crippen LogP contribution in [0.2, 0.25) is 0 Å². The fourth-order valence-electron chi connectivity index (χ4n) is 1.55. The average molecular weight is 270 g/mol. The molecule has 0 radical (unpaired) electrons. The fraction of sp³-hybridized carbons (Fsp3) is 0.545. The van der Waals surface area contributed by atoms with Gasteiger partial charge in [0.15, 0.2) is 9.84 Å². The maximum atomic E-state index is 11.8. The lowest BCUT2D eigenvalue weighted by Crippen LogP contribution is -2.14. The van der Waals surface area contributed by atoms with Crippen molar-refractivity contribution < 1.29 is 17.9 Å². The zero-order valence-electron chi connectivity index (χ0n) is 10.00. The molecule has 0 spiro atoms. The molecule has 7 heteroatoms. The van der Waals surface area contributed by atoms with Crippen LogP contribution in [0, 0.1) is 0 Å². The van der Waals surface area contributed by atoms with Gasteiger partial charge < -0.3 is 4.74 Å². The van der Waals surface area contributed by atoms with E-state index in [4.69, 9.17) is 0 Å². The molecule has 1 aromatic rings. The molecule has 0 bridgehead atoms. The molecule has 0 amide bonds. The quantitative estimate of drug-likeness (QED) is 0.714. The Balaban J connectivity index is 2.09. The molecule has 0 aliphatic heterocycles. The summed E-state index contributed by atoms with van der Waals surface area (Å²) in [4.78, 5) is 19.1. The van der Waals surface area contributed by atoms with E-state index in [1.165, 1.54) is 13.3 Å². The summed E-state index contributed by atoms with van der Waals surface area (Å²) < 4.78 is 28.1. The Hall–Kier alpha value is -1.50. The number of sulfone groups is 1. The Bertz CT molecular complexity index is 552. The number of carbonyl (C=O) groups is 1. The van der Waals surface area contributed by atoms with E-state index in [9.17, 15) is 13.2 Å². The molecule has 1 fully saturated rings. The first kappa shape index (κ1) is 12.9. The molecule has 0 saturated heterocycles. The van der Waals surface area contributed by atoms with Gasteiger partial charge in [-0.2, -0.15) is 0 Å². The third-order valence-electron chi connectivity index (χ3n) is 2.68. The largest absolute Gasteiger partial charge is 0.469 e. The van der Waals surface area contributed by atoms with Crippen molar-refractivity contribution >= 4 is 15.8 Å². The van der Waals surface area contributed by atoms with Gasteiger partial charge in [-0.05, 0) is 18.9 Å². The summed E-state index contributed by atoms with van der Waals surface area (Å²) in [6.45, 7) is 0. The molecule has 1 aliphatic carbocycles. The van der Waals surface area contributed by atoms with E-state index >= 15 is 0 Å². The molecule has 98 valence electrons. The van der Waals surface area contributed by atoms with Crippen molar-refractivity contribution in [3.63, 3.8) is 0 Å². The van der Waals surface area contributed by atoms with Crippen LogP contribution < -0.4 is 0 Å². The smallest absolute Gasteiger partial charge is 0.311 e. The highest BCUT2D eigenvalue weighted by Gasteiger charge is 2.36. The Kier molecular flexibility index (Phi) is 3.60. The number of esters is 1. The van der Waals surface area contributed by atoms with E-state index < -0.39 is 15.8 Å². The normalized spacial score (nSPS) is 15.4. The first-order chi connectivity index (χ1) is 8.51. The monoisotopic (exact) mass is 270 g/mol. The van der Waals surface area contributed by atoms with Crippen molar-refractivity contribution in [2.24, 2.45) is 0 Å². The van der Waals surface area contributed by atoms with Gasteiger partial charge in [-0.3, -0.25) is 4.79 Å². The van der Waals surface area contributed by atoms with E-state index in [-0.39, 0.29) is 23.2 Å². The summed E-state index contributed by atoms with van der Waals surface area (Å²) in [5.41, 5.74) is 0.470. The van der Waals surface area contributed by atoms with E-state index in [1.807, 2.05) is 0 Å². The lowest BCUT2D eigenvalue weighted by molar-refractivity contribution is -0.139. The number of hydrogen-bond donors (Lipinski definition) is 0. The maximum absolute atomic E-state index is 11.8. The molecule has 0 atom stereocenters. The third kappa shape index (κ3) is 3.25. The van der Waals surface area contributed by atoms with Crippen LogP contribution in [-0.2, 0) is 31.5 Å². The predicted molar refractivity (Wildman–Crippen MR) is 63.4 cm³/mol. The highest BCUT2D eigenvalue weighted by Crippen LogP contribution is 2.30. The minimum atomic E-state index is -3.13. The van der Waals surface area contributed by atoms with E-state index in [1.54, 1.807) is 6.07 Å². The Morgan fingerprint density at radius 1 is 1.50 bits per heavy atom. The molecular weight excluding hydrogens is 256 g/mol. The van der Waals surface area contributed by atoms with Gasteiger partial charge in [0.25, 0.3) is 0 Å². The van der Waals surface area contributed by atoms with Crippen LogP contribution in [0.5, 0.6) is 0 Å². The average Bonchev–Trinajstić information content (AvgIpc) is 3.12. The number of methoxy groups -OCH3 is 1. The first-order valence-corrected chi connectivity index (χ1v) is 7.32. The van der Waals surface area contributed by atoms with Crippen molar-refractivity contribution in [1.82, 2.24) is 9.97 Å². The fourth-order valence-corrected chi connectivity index (χ4v) is 3.14. The molecule has 0 unspecified atom stereocenters. The summed E-state index contributed by atoms with van der Waals surface area (Å²) in [7, 11) is -1.84. The van der Waals surface area contributed by atoms with Crippen LogP contribution in [0.4, 0.5) is 0 Å². The van der Waals surface area contributed by atoms with Gasteiger partial charge in [0.2, 0.25) is 0 Å². The third-order valence-corrected chi connectivity index (χ3v) is 4.83. The zero-order chi connectivity index (χ0) is 13.2. The number of hydrogen-bond acceptors (Lipinski definition) is 6. The van der Waals surface area contributed by atoms with Gasteiger partial charge in [0, 0.05) is 6.20 Å². The van der Waals surface area contributed by atoms with E-state index in [2.05, 4.69) is 14.7 Å². The standard InChI is InChI=1S/C11H14N2O4S/c1-17-11(14)6-8-4-5-12-10(13-8)7-18(15,16)9-2-3-9/h4-5,9H,2-3,6-7H2,1H3. The van der Waals surface area contributed by atoms with E-state index in [0.717, 1.165) is 12.8 Å². The van der Waals surface area contributed by atoms with Crippen LogP contribution >= 0.6 is 0 Å². The second kappa shape index (κ2) is 5.01. The molecule has 0 N–H and O–H groups in total. The first-order valence-electron chi connectivity index (χ1n) is 5.60. The molecular formula is C11H14N2O4S.